The molecule has 0 radical (unpaired) electrons. The molecular weight excluding hydrogens is 248 g/mol. The topological polar surface area (TPSA) is 41.1 Å². The molecule has 0 saturated carbocycles. The second-order valence-electron chi connectivity index (χ2n) is 3.76. The molecular formula is C14H13ClN2O. The highest BCUT2D eigenvalue weighted by atomic mass is 35.5. The molecule has 2 rings (SSSR count). The summed E-state index contributed by atoms with van der Waals surface area (Å²) < 4.78 is 0. The molecule has 18 heavy (non-hydrogen) atoms. The molecule has 2 aromatic carbocycles. The Labute approximate surface area is 111 Å². The van der Waals surface area contributed by atoms with Crippen molar-refractivity contribution in [3.05, 3.63) is 59.1 Å². The zero-order valence-corrected chi connectivity index (χ0v) is 10.7. The second kappa shape index (κ2) is 5.56. The highest BCUT2D eigenvalue weighted by Crippen LogP contribution is 2.19. The molecule has 2 N–H and O–H groups in total. The number of carbonyl (C=O) groups excluding carboxylic acids is 1. The summed E-state index contributed by atoms with van der Waals surface area (Å²) in [5.74, 6) is -0.165. The van der Waals surface area contributed by atoms with Gasteiger partial charge in [0, 0.05) is 23.4 Å². The van der Waals surface area contributed by atoms with Crippen LogP contribution >= 0.6 is 11.6 Å². The maximum atomic E-state index is 12.1. The van der Waals surface area contributed by atoms with Crippen LogP contribution in [0.5, 0.6) is 0 Å². The third-order valence-electron chi connectivity index (χ3n) is 2.52. The van der Waals surface area contributed by atoms with Gasteiger partial charge in [-0.15, -0.1) is 0 Å². The lowest BCUT2D eigenvalue weighted by molar-refractivity contribution is 0.102. The first kappa shape index (κ1) is 12.5. The average Bonchev–Trinajstić information content (AvgIpc) is 2.38. The van der Waals surface area contributed by atoms with Gasteiger partial charge in [-0.2, -0.15) is 0 Å². The number of hydrogen-bond donors (Lipinski definition) is 2. The summed E-state index contributed by atoms with van der Waals surface area (Å²) in [5, 5.41) is 6.39. The fourth-order valence-electron chi connectivity index (χ4n) is 1.66. The van der Waals surface area contributed by atoms with Crippen LogP contribution in [0.1, 0.15) is 10.4 Å². The molecule has 0 heterocycles. The lowest BCUT2D eigenvalue weighted by atomic mass is 10.1. The minimum atomic E-state index is -0.165. The van der Waals surface area contributed by atoms with E-state index in [1.807, 2.05) is 18.2 Å². The fraction of sp³-hybridized carbons (Fsp3) is 0.0714. The Morgan fingerprint density at radius 3 is 2.61 bits per heavy atom. The van der Waals surface area contributed by atoms with Gasteiger partial charge in [0.05, 0.1) is 5.56 Å². The summed E-state index contributed by atoms with van der Waals surface area (Å²) in [5.41, 5.74) is 2.07. The molecule has 0 spiro atoms. The van der Waals surface area contributed by atoms with Gasteiger partial charge in [0.15, 0.2) is 0 Å². The second-order valence-corrected chi connectivity index (χ2v) is 4.20. The van der Waals surface area contributed by atoms with E-state index in [4.69, 9.17) is 11.6 Å². The van der Waals surface area contributed by atoms with Crippen molar-refractivity contribution >= 4 is 28.9 Å². The van der Waals surface area contributed by atoms with Crippen LogP contribution in [0.15, 0.2) is 48.5 Å². The van der Waals surface area contributed by atoms with Gasteiger partial charge in [0.1, 0.15) is 0 Å². The molecule has 4 heteroatoms. The number of nitrogens with one attached hydrogen (secondary N) is 2. The Morgan fingerprint density at radius 1 is 1.11 bits per heavy atom. The van der Waals surface area contributed by atoms with Crippen LogP contribution in [0.2, 0.25) is 5.02 Å². The number of para-hydroxylation sites is 1. The van der Waals surface area contributed by atoms with E-state index in [-0.39, 0.29) is 5.91 Å². The SMILES string of the molecule is CNc1ccccc1C(=O)Nc1cccc(Cl)c1. The molecule has 0 aromatic heterocycles. The third kappa shape index (κ3) is 2.81. The van der Waals surface area contributed by atoms with Crippen LogP contribution < -0.4 is 10.6 Å². The summed E-state index contributed by atoms with van der Waals surface area (Å²) in [6.07, 6.45) is 0. The molecule has 1 amide bonds. The summed E-state index contributed by atoms with van der Waals surface area (Å²) >= 11 is 5.87. The molecule has 0 unspecified atom stereocenters. The van der Waals surface area contributed by atoms with Crippen molar-refractivity contribution in [2.45, 2.75) is 0 Å². The van der Waals surface area contributed by atoms with Crippen molar-refractivity contribution in [2.75, 3.05) is 17.7 Å². The normalized spacial score (nSPS) is 9.89. The van der Waals surface area contributed by atoms with Crippen LogP contribution in [0.4, 0.5) is 11.4 Å². The van der Waals surface area contributed by atoms with Crippen molar-refractivity contribution in [1.82, 2.24) is 0 Å². The lowest BCUT2D eigenvalue weighted by Crippen LogP contribution is -2.13. The number of carbonyl (C=O) groups is 1. The van der Waals surface area contributed by atoms with Crippen LogP contribution in [0.3, 0.4) is 0 Å². The van der Waals surface area contributed by atoms with Gasteiger partial charge in [0.25, 0.3) is 5.91 Å². The number of anilines is 2. The highest BCUT2D eigenvalue weighted by molar-refractivity contribution is 6.31. The van der Waals surface area contributed by atoms with E-state index >= 15 is 0 Å². The maximum Gasteiger partial charge on any atom is 0.257 e. The van der Waals surface area contributed by atoms with Gasteiger partial charge in [-0.1, -0.05) is 29.8 Å². The first-order valence-corrected chi connectivity index (χ1v) is 5.92. The summed E-state index contributed by atoms with van der Waals surface area (Å²) in [6.45, 7) is 0. The largest absolute Gasteiger partial charge is 0.387 e. The number of amides is 1. The molecule has 92 valence electrons. The van der Waals surface area contributed by atoms with E-state index in [9.17, 15) is 4.79 Å². The molecule has 0 fully saturated rings. The molecule has 0 saturated heterocycles. The van der Waals surface area contributed by atoms with Gasteiger partial charge in [-0.05, 0) is 30.3 Å². The molecule has 2 aromatic rings. The Hall–Kier alpha value is -2.00. The maximum absolute atomic E-state index is 12.1. The fourth-order valence-corrected chi connectivity index (χ4v) is 1.85. The van der Waals surface area contributed by atoms with Crippen LogP contribution in [0, 0.1) is 0 Å². The Kier molecular flexibility index (Phi) is 3.85. The van der Waals surface area contributed by atoms with Gasteiger partial charge in [-0.25, -0.2) is 0 Å². The van der Waals surface area contributed by atoms with Gasteiger partial charge in [-0.3, -0.25) is 4.79 Å². The van der Waals surface area contributed by atoms with Gasteiger partial charge in [0.2, 0.25) is 0 Å². The lowest BCUT2D eigenvalue weighted by Gasteiger charge is -2.09. The van der Waals surface area contributed by atoms with Gasteiger partial charge >= 0.3 is 0 Å². The molecule has 3 nitrogen and oxygen atoms in total. The zero-order chi connectivity index (χ0) is 13.0. The summed E-state index contributed by atoms with van der Waals surface area (Å²) in [7, 11) is 1.78. The number of hydrogen-bond acceptors (Lipinski definition) is 2. The van der Waals surface area contributed by atoms with Crippen LogP contribution in [0.25, 0.3) is 0 Å². The van der Waals surface area contributed by atoms with Gasteiger partial charge < -0.3 is 10.6 Å². The predicted octanol–water partition coefficient (Wildman–Crippen LogP) is 3.63. The quantitative estimate of drug-likeness (QED) is 0.885. The first-order valence-electron chi connectivity index (χ1n) is 5.54. The Morgan fingerprint density at radius 2 is 1.89 bits per heavy atom. The number of rotatable bonds is 3. The van der Waals surface area contributed by atoms with E-state index in [1.54, 1.807) is 37.4 Å². The summed E-state index contributed by atoms with van der Waals surface area (Å²) in [4.78, 5) is 12.1. The number of halogens is 1. The molecule has 0 aliphatic rings. The van der Waals surface area contributed by atoms with Crippen LogP contribution in [-0.2, 0) is 0 Å². The van der Waals surface area contributed by atoms with E-state index in [0.29, 0.717) is 16.3 Å². The van der Waals surface area contributed by atoms with Crippen molar-refractivity contribution in [3.8, 4) is 0 Å². The van der Waals surface area contributed by atoms with Crippen LogP contribution in [-0.4, -0.2) is 13.0 Å². The van der Waals surface area contributed by atoms with Crippen molar-refractivity contribution < 1.29 is 4.79 Å². The molecule has 0 aliphatic heterocycles. The molecule has 0 bridgehead atoms. The summed E-state index contributed by atoms with van der Waals surface area (Å²) in [6, 6.07) is 14.4. The zero-order valence-electron chi connectivity index (χ0n) is 9.91. The van der Waals surface area contributed by atoms with Crippen molar-refractivity contribution in [2.24, 2.45) is 0 Å². The standard InChI is InChI=1S/C14H13ClN2O/c1-16-13-8-3-2-7-12(13)14(18)17-11-6-4-5-10(15)9-11/h2-9,16H,1H3,(H,17,18). The monoisotopic (exact) mass is 260 g/mol. The molecule has 0 aliphatic carbocycles. The van der Waals surface area contributed by atoms with Crippen molar-refractivity contribution in [3.63, 3.8) is 0 Å². The average molecular weight is 261 g/mol. The van der Waals surface area contributed by atoms with E-state index in [0.717, 1.165) is 5.69 Å². The Bertz CT molecular complexity index is 569. The smallest absolute Gasteiger partial charge is 0.257 e. The van der Waals surface area contributed by atoms with E-state index in [2.05, 4.69) is 10.6 Å². The third-order valence-corrected chi connectivity index (χ3v) is 2.76. The first-order chi connectivity index (χ1) is 8.70. The highest BCUT2D eigenvalue weighted by Gasteiger charge is 2.10. The van der Waals surface area contributed by atoms with Crippen molar-refractivity contribution in [1.29, 1.82) is 0 Å². The predicted molar refractivity (Wildman–Crippen MR) is 75.4 cm³/mol. The number of benzene rings is 2. The van der Waals surface area contributed by atoms with E-state index in [1.165, 1.54) is 0 Å². The van der Waals surface area contributed by atoms with E-state index < -0.39 is 0 Å². The minimum Gasteiger partial charge on any atom is -0.387 e. The Balaban J connectivity index is 2.22. The molecule has 0 atom stereocenters. The minimum absolute atomic E-state index is 0.165.